The lowest BCUT2D eigenvalue weighted by Gasteiger charge is -2.30. The van der Waals surface area contributed by atoms with Crippen LogP contribution >= 0.6 is 11.8 Å². The Labute approximate surface area is 118 Å². The van der Waals surface area contributed by atoms with Gasteiger partial charge in [-0.3, -0.25) is 0 Å². The third-order valence-corrected chi connectivity index (χ3v) is 4.01. The van der Waals surface area contributed by atoms with E-state index in [1.54, 1.807) is 11.8 Å². The number of carbonyl (C=O) groups excluding carboxylic acids is 1. The normalized spacial score (nSPS) is 20.0. The highest BCUT2D eigenvalue weighted by molar-refractivity contribution is 7.98. The molecule has 1 atom stereocenters. The van der Waals surface area contributed by atoms with Gasteiger partial charge in [0.15, 0.2) is 0 Å². The first kappa shape index (κ1) is 14.2. The fourth-order valence-corrected chi connectivity index (χ4v) is 2.80. The van der Waals surface area contributed by atoms with E-state index in [2.05, 4.69) is 22.6 Å². The van der Waals surface area contributed by atoms with Gasteiger partial charge in [-0.25, -0.2) is 4.79 Å². The minimum atomic E-state index is -0.112. The Morgan fingerprint density at radius 1 is 1.47 bits per heavy atom. The van der Waals surface area contributed by atoms with Gasteiger partial charge < -0.3 is 15.5 Å². The van der Waals surface area contributed by atoms with Crippen LogP contribution in [-0.4, -0.2) is 43.4 Å². The molecule has 2 amide bonds. The molecule has 0 saturated carbocycles. The maximum Gasteiger partial charge on any atom is 0.319 e. The van der Waals surface area contributed by atoms with E-state index in [1.165, 1.54) is 0 Å². The third-order valence-electron chi connectivity index (χ3n) is 3.29. The number of likely N-dealkylation sites (N-methyl/N-ethyl adjacent to an activating group) is 1. The second-order valence-corrected chi connectivity index (χ2v) is 5.81. The number of rotatable bonds is 3. The van der Waals surface area contributed by atoms with Crippen molar-refractivity contribution in [3.63, 3.8) is 0 Å². The summed E-state index contributed by atoms with van der Waals surface area (Å²) >= 11 is 1.67. The molecule has 0 bridgehead atoms. The highest BCUT2D eigenvalue weighted by atomic mass is 32.2. The summed E-state index contributed by atoms with van der Waals surface area (Å²) in [7, 11) is 2.09. The SMILES string of the molecule is CSc1cccc(NC(=O)N[C@@H]2CCCN(C)C2)c1. The Balaban J connectivity index is 1.86. The van der Waals surface area contributed by atoms with Crippen molar-refractivity contribution in [2.24, 2.45) is 0 Å². The van der Waals surface area contributed by atoms with Crippen LogP contribution < -0.4 is 10.6 Å². The fraction of sp³-hybridized carbons (Fsp3) is 0.500. The van der Waals surface area contributed by atoms with Gasteiger partial charge in [0.25, 0.3) is 0 Å². The summed E-state index contributed by atoms with van der Waals surface area (Å²) < 4.78 is 0. The molecule has 0 aliphatic carbocycles. The summed E-state index contributed by atoms with van der Waals surface area (Å²) in [5, 5.41) is 5.93. The minimum absolute atomic E-state index is 0.112. The van der Waals surface area contributed by atoms with Crippen molar-refractivity contribution in [3.05, 3.63) is 24.3 Å². The van der Waals surface area contributed by atoms with E-state index in [4.69, 9.17) is 0 Å². The minimum Gasteiger partial charge on any atom is -0.334 e. The topological polar surface area (TPSA) is 44.4 Å². The zero-order valence-corrected chi connectivity index (χ0v) is 12.3. The van der Waals surface area contributed by atoms with E-state index in [1.807, 2.05) is 30.5 Å². The standard InChI is InChI=1S/C14H21N3OS/c1-17-8-4-6-12(10-17)16-14(18)15-11-5-3-7-13(9-11)19-2/h3,5,7,9,12H,4,6,8,10H2,1-2H3,(H2,15,16,18)/t12-/m1/s1. The molecule has 104 valence electrons. The predicted molar refractivity (Wildman–Crippen MR) is 80.9 cm³/mol. The zero-order chi connectivity index (χ0) is 13.7. The highest BCUT2D eigenvalue weighted by Crippen LogP contribution is 2.19. The van der Waals surface area contributed by atoms with E-state index >= 15 is 0 Å². The molecule has 1 aromatic carbocycles. The summed E-state index contributed by atoms with van der Waals surface area (Å²) in [5.41, 5.74) is 0.841. The Kier molecular flexibility index (Phi) is 5.10. The van der Waals surface area contributed by atoms with Gasteiger partial charge in [0.2, 0.25) is 0 Å². The van der Waals surface area contributed by atoms with Crippen LogP contribution in [0, 0.1) is 0 Å². The highest BCUT2D eigenvalue weighted by Gasteiger charge is 2.18. The van der Waals surface area contributed by atoms with Crippen molar-refractivity contribution >= 4 is 23.5 Å². The molecule has 0 spiro atoms. The van der Waals surface area contributed by atoms with Crippen molar-refractivity contribution in [2.45, 2.75) is 23.8 Å². The van der Waals surface area contributed by atoms with Gasteiger partial charge in [0.1, 0.15) is 0 Å². The van der Waals surface area contributed by atoms with Crippen molar-refractivity contribution < 1.29 is 4.79 Å². The number of carbonyl (C=O) groups is 1. The average Bonchev–Trinajstić information content (AvgIpc) is 2.38. The summed E-state index contributed by atoms with van der Waals surface area (Å²) in [6, 6.07) is 8.02. The number of nitrogens with one attached hydrogen (secondary N) is 2. The number of likely N-dealkylation sites (tertiary alicyclic amines) is 1. The molecule has 1 aliphatic heterocycles. The summed E-state index contributed by atoms with van der Waals surface area (Å²) in [4.78, 5) is 15.3. The maximum atomic E-state index is 11.9. The predicted octanol–water partition coefficient (Wildman–Crippen LogP) is 2.62. The van der Waals surface area contributed by atoms with E-state index in [-0.39, 0.29) is 12.1 Å². The molecule has 1 aliphatic rings. The first-order valence-corrected chi connectivity index (χ1v) is 7.80. The molecule has 1 fully saturated rings. The Morgan fingerprint density at radius 2 is 2.32 bits per heavy atom. The lowest BCUT2D eigenvalue weighted by molar-refractivity contribution is 0.216. The Bertz CT molecular complexity index is 438. The van der Waals surface area contributed by atoms with Crippen LogP contribution in [-0.2, 0) is 0 Å². The van der Waals surface area contributed by atoms with E-state index in [0.717, 1.165) is 36.5 Å². The molecule has 4 nitrogen and oxygen atoms in total. The molecule has 0 unspecified atom stereocenters. The van der Waals surface area contributed by atoms with Crippen LogP contribution in [0.25, 0.3) is 0 Å². The second kappa shape index (κ2) is 6.82. The molecule has 19 heavy (non-hydrogen) atoms. The van der Waals surface area contributed by atoms with E-state index < -0.39 is 0 Å². The van der Waals surface area contributed by atoms with E-state index in [9.17, 15) is 4.79 Å². The van der Waals surface area contributed by atoms with Crippen molar-refractivity contribution in [3.8, 4) is 0 Å². The third kappa shape index (κ3) is 4.44. The Morgan fingerprint density at radius 3 is 3.05 bits per heavy atom. The van der Waals surface area contributed by atoms with Crippen LogP contribution in [0.5, 0.6) is 0 Å². The summed E-state index contributed by atoms with van der Waals surface area (Å²) in [5.74, 6) is 0. The number of hydrogen-bond donors (Lipinski definition) is 2. The summed E-state index contributed by atoms with van der Waals surface area (Å²) in [6.45, 7) is 2.05. The molecular formula is C14H21N3OS. The number of benzene rings is 1. The number of thioether (sulfide) groups is 1. The number of anilines is 1. The summed E-state index contributed by atoms with van der Waals surface area (Å²) in [6.07, 6.45) is 4.23. The van der Waals surface area contributed by atoms with Gasteiger partial charge >= 0.3 is 6.03 Å². The van der Waals surface area contributed by atoms with Crippen LogP contribution in [0.4, 0.5) is 10.5 Å². The number of urea groups is 1. The van der Waals surface area contributed by atoms with Crippen molar-refractivity contribution in [1.29, 1.82) is 0 Å². The first-order chi connectivity index (χ1) is 9.17. The van der Waals surface area contributed by atoms with Gasteiger partial charge in [-0.05, 0) is 50.9 Å². The van der Waals surface area contributed by atoms with E-state index in [0.29, 0.717) is 0 Å². The number of piperidine rings is 1. The zero-order valence-electron chi connectivity index (χ0n) is 11.5. The molecule has 0 aromatic heterocycles. The second-order valence-electron chi connectivity index (χ2n) is 4.93. The Hall–Kier alpha value is -1.20. The fourth-order valence-electron chi connectivity index (χ4n) is 2.34. The van der Waals surface area contributed by atoms with Gasteiger partial charge in [-0.15, -0.1) is 11.8 Å². The quantitative estimate of drug-likeness (QED) is 0.836. The molecule has 5 heteroatoms. The first-order valence-electron chi connectivity index (χ1n) is 6.57. The lowest BCUT2D eigenvalue weighted by atomic mass is 10.1. The van der Waals surface area contributed by atoms with Crippen LogP contribution in [0.3, 0.4) is 0 Å². The smallest absolute Gasteiger partial charge is 0.319 e. The van der Waals surface area contributed by atoms with Gasteiger partial charge in [-0.2, -0.15) is 0 Å². The van der Waals surface area contributed by atoms with Crippen molar-refractivity contribution in [1.82, 2.24) is 10.2 Å². The maximum absolute atomic E-state index is 11.9. The molecule has 0 radical (unpaired) electrons. The van der Waals surface area contributed by atoms with Crippen LogP contribution in [0.1, 0.15) is 12.8 Å². The van der Waals surface area contributed by atoms with Gasteiger partial charge in [0, 0.05) is 23.2 Å². The molecule has 1 aromatic rings. The van der Waals surface area contributed by atoms with Crippen molar-refractivity contribution in [2.75, 3.05) is 31.7 Å². The largest absolute Gasteiger partial charge is 0.334 e. The van der Waals surface area contributed by atoms with Gasteiger partial charge in [-0.1, -0.05) is 6.07 Å². The monoisotopic (exact) mass is 279 g/mol. The molecular weight excluding hydrogens is 258 g/mol. The number of nitrogens with zero attached hydrogens (tertiary/aromatic N) is 1. The number of amides is 2. The molecule has 2 N–H and O–H groups in total. The average molecular weight is 279 g/mol. The van der Waals surface area contributed by atoms with Crippen LogP contribution in [0.2, 0.25) is 0 Å². The molecule has 2 rings (SSSR count). The van der Waals surface area contributed by atoms with Crippen LogP contribution in [0.15, 0.2) is 29.2 Å². The lowest BCUT2D eigenvalue weighted by Crippen LogP contribution is -2.47. The molecule has 1 heterocycles. The molecule has 1 saturated heterocycles. The number of hydrogen-bond acceptors (Lipinski definition) is 3. The van der Waals surface area contributed by atoms with Gasteiger partial charge in [0.05, 0.1) is 0 Å².